The lowest BCUT2D eigenvalue weighted by Gasteiger charge is -2.48. The van der Waals surface area contributed by atoms with Gasteiger partial charge in [0.15, 0.2) is 0 Å². The number of likely N-dealkylation sites (tertiary alicyclic amines) is 1. The molecule has 1 unspecified atom stereocenters. The molecular weight excluding hydrogens is 412 g/mol. The number of hydrogen-bond acceptors (Lipinski definition) is 3. The van der Waals surface area contributed by atoms with Crippen molar-refractivity contribution < 1.29 is 9.59 Å². The Balaban J connectivity index is 1.32. The Morgan fingerprint density at radius 1 is 1.15 bits per heavy atom. The van der Waals surface area contributed by atoms with Crippen molar-refractivity contribution in [2.24, 2.45) is 5.92 Å². The van der Waals surface area contributed by atoms with Gasteiger partial charge < -0.3 is 10.3 Å². The third-order valence-corrected chi connectivity index (χ3v) is 7.45. The molecule has 6 heteroatoms. The van der Waals surface area contributed by atoms with E-state index in [9.17, 15) is 9.59 Å². The standard InChI is InChI=1S/C27H32N4O2/c1-3-12-31-16-20(17(2)29-27(33)30-26(32)18-8-5-4-6-9-18)13-22-21-10-7-11-23-25(21)19(15-28-23)14-24(22)31/h4-11,15,17,20,22,24,28H,3,12-14,16H2,1-2H3,(H2,29,30,32,33)/t17?,20-,22-,24-/m1/s1. The molecule has 3 aromatic rings. The average Bonchev–Trinajstić information content (AvgIpc) is 3.24. The molecule has 1 fully saturated rings. The van der Waals surface area contributed by atoms with Crippen LogP contribution in [-0.2, 0) is 6.42 Å². The Morgan fingerprint density at radius 3 is 2.76 bits per heavy atom. The molecule has 1 aliphatic carbocycles. The minimum absolute atomic E-state index is 0.0410. The first-order valence-corrected chi connectivity index (χ1v) is 12.0. The molecule has 1 saturated heterocycles. The van der Waals surface area contributed by atoms with Crippen molar-refractivity contribution in [3.05, 3.63) is 71.4 Å². The number of rotatable bonds is 5. The number of hydrogen-bond donors (Lipinski definition) is 3. The van der Waals surface area contributed by atoms with Crippen molar-refractivity contribution in [2.75, 3.05) is 13.1 Å². The van der Waals surface area contributed by atoms with Gasteiger partial charge in [0.25, 0.3) is 5.91 Å². The first-order valence-electron chi connectivity index (χ1n) is 12.0. The average molecular weight is 445 g/mol. The van der Waals surface area contributed by atoms with Crippen molar-refractivity contribution in [1.29, 1.82) is 0 Å². The summed E-state index contributed by atoms with van der Waals surface area (Å²) in [7, 11) is 0. The van der Waals surface area contributed by atoms with E-state index in [4.69, 9.17) is 0 Å². The number of carbonyl (C=O) groups excluding carboxylic acids is 2. The molecule has 0 radical (unpaired) electrons. The number of urea groups is 1. The van der Waals surface area contributed by atoms with Crippen molar-refractivity contribution in [3.63, 3.8) is 0 Å². The maximum Gasteiger partial charge on any atom is 0.321 e. The van der Waals surface area contributed by atoms with Crippen molar-refractivity contribution in [3.8, 4) is 0 Å². The van der Waals surface area contributed by atoms with Crippen LogP contribution in [0.4, 0.5) is 4.79 Å². The van der Waals surface area contributed by atoms with Crippen LogP contribution < -0.4 is 10.6 Å². The first kappa shape index (κ1) is 21.7. The zero-order valence-corrected chi connectivity index (χ0v) is 19.3. The van der Waals surface area contributed by atoms with E-state index in [1.165, 1.54) is 22.0 Å². The Labute approximate surface area is 194 Å². The van der Waals surface area contributed by atoms with Gasteiger partial charge in [-0.1, -0.05) is 37.3 Å². The van der Waals surface area contributed by atoms with Crippen LogP contribution in [0, 0.1) is 5.92 Å². The predicted molar refractivity (Wildman–Crippen MR) is 130 cm³/mol. The fourth-order valence-corrected chi connectivity index (χ4v) is 5.87. The zero-order valence-electron chi connectivity index (χ0n) is 19.3. The van der Waals surface area contributed by atoms with E-state index in [0.717, 1.165) is 32.4 Å². The van der Waals surface area contributed by atoms with Gasteiger partial charge in [-0.15, -0.1) is 0 Å². The van der Waals surface area contributed by atoms with Crippen LogP contribution in [0.15, 0.2) is 54.7 Å². The smallest absolute Gasteiger partial charge is 0.321 e. The normalized spacial score (nSPS) is 23.0. The van der Waals surface area contributed by atoms with Crippen LogP contribution in [0.1, 0.15) is 54.1 Å². The van der Waals surface area contributed by atoms with E-state index in [0.29, 0.717) is 23.4 Å². The summed E-state index contributed by atoms with van der Waals surface area (Å²) >= 11 is 0. The van der Waals surface area contributed by atoms with Crippen molar-refractivity contribution >= 4 is 22.8 Å². The summed E-state index contributed by atoms with van der Waals surface area (Å²) in [5.74, 6) is 0.377. The lowest BCUT2D eigenvalue weighted by molar-refractivity contribution is 0.0721. The van der Waals surface area contributed by atoms with Crippen LogP contribution in [0.25, 0.3) is 10.9 Å². The fraction of sp³-hybridized carbons (Fsp3) is 0.407. The van der Waals surface area contributed by atoms with Gasteiger partial charge in [-0.05, 0) is 68.0 Å². The van der Waals surface area contributed by atoms with Crippen LogP contribution >= 0.6 is 0 Å². The maximum atomic E-state index is 12.6. The Hall–Kier alpha value is -3.12. The molecule has 1 aromatic heterocycles. The van der Waals surface area contributed by atoms with Gasteiger partial charge in [0.1, 0.15) is 0 Å². The molecule has 6 nitrogen and oxygen atoms in total. The molecule has 33 heavy (non-hydrogen) atoms. The molecule has 2 heterocycles. The van der Waals surface area contributed by atoms with E-state index in [1.807, 2.05) is 6.07 Å². The number of H-pyrrole nitrogens is 1. The molecule has 0 saturated carbocycles. The number of piperidine rings is 1. The number of nitrogens with zero attached hydrogens (tertiary/aromatic N) is 1. The summed E-state index contributed by atoms with van der Waals surface area (Å²) in [6.45, 7) is 6.30. The summed E-state index contributed by atoms with van der Waals surface area (Å²) < 4.78 is 0. The minimum atomic E-state index is -0.431. The Morgan fingerprint density at radius 2 is 1.97 bits per heavy atom. The quantitative estimate of drug-likeness (QED) is 0.545. The Bertz CT molecular complexity index is 1160. The van der Waals surface area contributed by atoms with Crippen LogP contribution in [0.5, 0.6) is 0 Å². The molecule has 0 spiro atoms. The molecule has 2 aliphatic rings. The van der Waals surface area contributed by atoms with Gasteiger partial charge in [0.05, 0.1) is 0 Å². The van der Waals surface area contributed by atoms with E-state index >= 15 is 0 Å². The van der Waals surface area contributed by atoms with E-state index in [1.54, 1.807) is 24.3 Å². The largest absolute Gasteiger partial charge is 0.361 e. The van der Waals surface area contributed by atoms with E-state index in [2.05, 4.69) is 58.8 Å². The SMILES string of the molecule is CCCN1C[C@H](C(C)NC(=O)NC(=O)c2ccccc2)C[C@@H]2c3cccc4[nH]cc(c34)C[C@H]21. The molecule has 172 valence electrons. The van der Waals surface area contributed by atoms with Gasteiger partial charge in [0, 0.05) is 47.2 Å². The molecule has 2 aromatic carbocycles. The lowest BCUT2D eigenvalue weighted by atomic mass is 9.71. The van der Waals surface area contributed by atoms with Gasteiger partial charge in [0.2, 0.25) is 0 Å². The fourth-order valence-electron chi connectivity index (χ4n) is 5.87. The maximum absolute atomic E-state index is 12.6. The predicted octanol–water partition coefficient (Wildman–Crippen LogP) is 4.44. The number of aromatic amines is 1. The number of aromatic nitrogens is 1. The van der Waals surface area contributed by atoms with E-state index in [-0.39, 0.29) is 11.9 Å². The highest BCUT2D eigenvalue weighted by atomic mass is 16.2. The third-order valence-electron chi connectivity index (χ3n) is 7.45. The first-order chi connectivity index (χ1) is 16.0. The molecular formula is C27H32N4O2. The number of imide groups is 1. The summed E-state index contributed by atoms with van der Waals surface area (Å²) in [6.07, 6.45) is 5.39. The second-order valence-corrected chi connectivity index (χ2v) is 9.53. The number of nitrogens with one attached hydrogen (secondary N) is 3. The topological polar surface area (TPSA) is 77.2 Å². The molecule has 5 rings (SSSR count). The molecule has 3 amide bonds. The zero-order chi connectivity index (χ0) is 22.9. The summed E-state index contributed by atoms with van der Waals surface area (Å²) in [5.41, 5.74) is 4.55. The van der Waals surface area contributed by atoms with Crippen molar-refractivity contribution in [2.45, 2.75) is 51.1 Å². The number of benzene rings is 2. The van der Waals surface area contributed by atoms with Crippen LogP contribution in [0.2, 0.25) is 0 Å². The summed E-state index contributed by atoms with van der Waals surface area (Å²) in [5, 5.41) is 6.91. The highest BCUT2D eigenvalue weighted by molar-refractivity contribution is 6.04. The molecule has 3 N–H and O–H groups in total. The Kier molecular flexibility index (Phi) is 5.94. The summed E-state index contributed by atoms with van der Waals surface area (Å²) in [6, 6.07) is 15.4. The highest BCUT2D eigenvalue weighted by Crippen LogP contribution is 2.45. The van der Waals surface area contributed by atoms with Gasteiger partial charge in [-0.3, -0.25) is 15.0 Å². The second-order valence-electron chi connectivity index (χ2n) is 9.53. The van der Waals surface area contributed by atoms with Crippen molar-refractivity contribution in [1.82, 2.24) is 20.5 Å². The third kappa shape index (κ3) is 4.15. The highest BCUT2D eigenvalue weighted by Gasteiger charge is 2.42. The van der Waals surface area contributed by atoms with Gasteiger partial charge in [-0.2, -0.15) is 0 Å². The second kappa shape index (κ2) is 9.02. The van der Waals surface area contributed by atoms with E-state index < -0.39 is 6.03 Å². The molecule has 0 bridgehead atoms. The van der Waals surface area contributed by atoms with Gasteiger partial charge >= 0.3 is 6.03 Å². The minimum Gasteiger partial charge on any atom is -0.361 e. The monoisotopic (exact) mass is 444 g/mol. The number of amides is 3. The molecule has 4 atom stereocenters. The van der Waals surface area contributed by atoms with Crippen LogP contribution in [-0.4, -0.2) is 47.0 Å². The number of carbonyl (C=O) groups is 2. The van der Waals surface area contributed by atoms with Gasteiger partial charge in [-0.25, -0.2) is 4.79 Å². The molecule has 1 aliphatic heterocycles. The van der Waals surface area contributed by atoms with Crippen LogP contribution in [0.3, 0.4) is 0 Å². The number of fused-ring (bicyclic) bond motifs is 2. The summed E-state index contributed by atoms with van der Waals surface area (Å²) in [4.78, 5) is 31.0. The lowest BCUT2D eigenvalue weighted by Crippen LogP contribution is -2.55.